The van der Waals surface area contributed by atoms with E-state index in [-0.39, 0.29) is 0 Å². The van der Waals surface area contributed by atoms with Crippen molar-refractivity contribution in [1.29, 1.82) is 0 Å². The molecule has 0 spiro atoms. The zero-order valence-corrected chi connectivity index (χ0v) is 9.73. The van der Waals surface area contributed by atoms with Crippen molar-refractivity contribution in [3.8, 4) is 11.5 Å². The second-order valence-corrected chi connectivity index (χ2v) is 4.63. The van der Waals surface area contributed by atoms with Crippen molar-refractivity contribution in [1.82, 2.24) is 9.55 Å². The third kappa shape index (κ3) is 1.47. The van der Waals surface area contributed by atoms with Gasteiger partial charge in [-0.3, -0.25) is 0 Å². The first-order chi connectivity index (χ1) is 7.74. The first kappa shape index (κ1) is 9.70. The van der Waals surface area contributed by atoms with Crippen LogP contribution in [0.2, 0.25) is 0 Å². The van der Waals surface area contributed by atoms with E-state index in [4.69, 9.17) is 4.42 Å². The van der Waals surface area contributed by atoms with Gasteiger partial charge in [0.15, 0.2) is 5.76 Å². The van der Waals surface area contributed by atoms with Gasteiger partial charge in [0.2, 0.25) is 0 Å². The summed E-state index contributed by atoms with van der Waals surface area (Å²) in [5.41, 5.74) is 0.969. The summed E-state index contributed by atoms with van der Waals surface area (Å²) in [6.07, 6.45) is 4.61. The number of fused-ring (bicyclic) bond motifs is 1. The summed E-state index contributed by atoms with van der Waals surface area (Å²) in [7, 11) is 0. The summed E-state index contributed by atoms with van der Waals surface area (Å²) in [6, 6.07) is 3.98. The molecule has 2 aromatic rings. The summed E-state index contributed by atoms with van der Waals surface area (Å²) >= 11 is 0. The Hall–Kier alpha value is -1.51. The van der Waals surface area contributed by atoms with E-state index < -0.39 is 0 Å². The van der Waals surface area contributed by atoms with Crippen LogP contribution in [0.25, 0.3) is 11.5 Å². The molecule has 3 nitrogen and oxygen atoms in total. The molecule has 2 aromatic heterocycles. The molecule has 0 aliphatic carbocycles. The molecule has 1 unspecified atom stereocenters. The number of aromatic nitrogens is 2. The third-order valence-electron chi connectivity index (χ3n) is 3.28. The highest BCUT2D eigenvalue weighted by Gasteiger charge is 2.20. The molecule has 1 atom stereocenters. The highest BCUT2D eigenvalue weighted by atomic mass is 16.3. The van der Waals surface area contributed by atoms with E-state index in [1.165, 1.54) is 18.7 Å². The fraction of sp³-hybridized carbons (Fsp3) is 0.462. The van der Waals surface area contributed by atoms with Crippen molar-refractivity contribution < 1.29 is 4.42 Å². The Morgan fingerprint density at radius 2 is 2.31 bits per heavy atom. The molecule has 3 rings (SSSR count). The quantitative estimate of drug-likeness (QED) is 0.732. The average Bonchev–Trinajstić information content (AvgIpc) is 2.84. The molecule has 0 bridgehead atoms. The fourth-order valence-electron chi connectivity index (χ4n) is 2.39. The van der Waals surface area contributed by atoms with Gasteiger partial charge in [-0.25, -0.2) is 4.98 Å². The Morgan fingerprint density at radius 3 is 3.00 bits per heavy atom. The lowest BCUT2D eigenvalue weighted by Crippen LogP contribution is -2.12. The Morgan fingerprint density at radius 1 is 1.44 bits per heavy atom. The lowest BCUT2D eigenvalue weighted by atomic mass is 10.0. The molecule has 0 amide bonds. The van der Waals surface area contributed by atoms with E-state index in [1.54, 1.807) is 0 Å². The molecule has 3 heteroatoms. The molecule has 1 aliphatic heterocycles. The van der Waals surface area contributed by atoms with E-state index in [1.807, 2.05) is 19.1 Å². The van der Waals surface area contributed by atoms with Gasteiger partial charge >= 0.3 is 0 Å². The third-order valence-corrected chi connectivity index (χ3v) is 3.28. The summed E-state index contributed by atoms with van der Waals surface area (Å²) in [5, 5.41) is 0. The summed E-state index contributed by atoms with van der Waals surface area (Å²) in [5.74, 6) is 3.59. The minimum Gasteiger partial charge on any atom is -0.460 e. The molecule has 0 saturated carbocycles. The molecule has 3 heterocycles. The lowest BCUT2D eigenvalue weighted by molar-refractivity contribution is 0.463. The van der Waals surface area contributed by atoms with Gasteiger partial charge in [0.1, 0.15) is 17.3 Å². The molecule has 0 aromatic carbocycles. The number of aryl methyl sites for hydroxylation is 2. The molecule has 84 valence electrons. The smallest absolute Gasteiger partial charge is 0.154 e. The Kier molecular flexibility index (Phi) is 2.13. The van der Waals surface area contributed by atoms with Crippen molar-refractivity contribution in [2.45, 2.75) is 39.2 Å². The maximum atomic E-state index is 5.61. The van der Waals surface area contributed by atoms with E-state index >= 15 is 0 Å². The highest BCUT2D eigenvalue weighted by Crippen LogP contribution is 2.29. The standard InChI is InChI=1S/C13H16N2O/c1-9-4-3-7-15-8-11(14-13(9)15)12-6-5-10(2)16-12/h5-6,8-9H,3-4,7H2,1-2H3. The Balaban J connectivity index is 2.04. The normalized spacial score (nSPS) is 19.8. The molecule has 1 aliphatic rings. The molecular weight excluding hydrogens is 200 g/mol. The lowest BCUT2D eigenvalue weighted by Gasteiger charge is -2.19. The van der Waals surface area contributed by atoms with Crippen LogP contribution in [0, 0.1) is 6.92 Å². The molecule has 0 radical (unpaired) electrons. The molecule has 0 fully saturated rings. The number of nitrogens with zero attached hydrogens (tertiary/aromatic N) is 2. The fourth-order valence-corrected chi connectivity index (χ4v) is 2.39. The van der Waals surface area contributed by atoms with Crippen molar-refractivity contribution >= 4 is 0 Å². The van der Waals surface area contributed by atoms with Crippen molar-refractivity contribution in [2.24, 2.45) is 0 Å². The Labute approximate surface area is 95.1 Å². The molecule has 0 N–H and O–H groups in total. The predicted molar refractivity (Wildman–Crippen MR) is 62.3 cm³/mol. The maximum absolute atomic E-state index is 5.61. The molecule has 0 saturated heterocycles. The summed E-state index contributed by atoms with van der Waals surface area (Å²) in [4.78, 5) is 4.68. The number of hydrogen-bond acceptors (Lipinski definition) is 2. The monoisotopic (exact) mass is 216 g/mol. The number of furan rings is 1. The zero-order valence-electron chi connectivity index (χ0n) is 9.73. The second-order valence-electron chi connectivity index (χ2n) is 4.63. The first-order valence-electron chi connectivity index (χ1n) is 5.88. The summed E-state index contributed by atoms with van der Waals surface area (Å²) < 4.78 is 7.87. The van der Waals surface area contributed by atoms with Gasteiger partial charge < -0.3 is 8.98 Å². The van der Waals surface area contributed by atoms with Gasteiger partial charge in [0.25, 0.3) is 0 Å². The Bertz CT molecular complexity index is 510. The topological polar surface area (TPSA) is 31.0 Å². The van der Waals surface area contributed by atoms with Gasteiger partial charge in [-0.05, 0) is 31.9 Å². The SMILES string of the molecule is Cc1ccc(-c2cn3c(n2)C(C)CCC3)o1. The molecular formula is C13H16N2O. The van der Waals surface area contributed by atoms with Gasteiger partial charge in [-0.15, -0.1) is 0 Å². The maximum Gasteiger partial charge on any atom is 0.154 e. The van der Waals surface area contributed by atoms with Crippen LogP contribution in [0.1, 0.15) is 37.3 Å². The van der Waals surface area contributed by atoms with Crippen LogP contribution in [0.4, 0.5) is 0 Å². The minimum atomic E-state index is 0.568. The largest absolute Gasteiger partial charge is 0.460 e. The number of imidazole rings is 1. The van der Waals surface area contributed by atoms with Crippen LogP contribution >= 0.6 is 0 Å². The van der Waals surface area contributed by atoms with Crippen LogP contribution in [0.15, 0.2) is 22.7 Å². The number of hydrogen-bond donors (Lipinski definition) is 0. The van der Waals surface area contributed by atoms with Crippen LogP contribution < -0.4 is 0 Å². The van der Waals surface area contributed by atoms with E-state index in [0.717, 1.165) is 23.8 Å². The van der Waals surface area contributed by atoms with Gasteiger partial charge in [-0.1, -0.05) is 6.92 Å². The van der Waals surface area contributed by atoms with Crippen molar-refractivity contribution in [3.05, 3.63) is 29.9 Å². The van der Waals surface area contributed by atoms with Crippen LogP contribution in [-0.4, -0.2) is 9.55 Å². The van der Waals surface area contributed by atoms with E-state index in [0.29, 0.717) is 5.92 Å². The molecule has 16 heavy (non-hydrogen) atoms. The highest BCUT2D eigenvalue weighted by molar-refractivity contribution is 5.52. The number of rotatable bonds is 1. The van der Waals surface area contributed by atoms with Crippen LogP contribution in [0.5, 0.6) is 0 Å². The van der Waals surface area contributed by atoms with Crippen LogP contribution in [-0.2, 0) is 6.54 Å². The van der Waals surface area contributed by atoms with Gasteiger partial charge in [0, 0.05) is 18.7 Å². The van der Waals surface area contributed by atoms with Crippen molar-refractivity contribution in [3.63, 3.8) is 0 Å². The van der Waals surface area contributed by atoms with E-state index in [9.17, 15) is 0 Å². The van der Waals surface area contributed by atoms with E-state index in [2.05, 4.69) is 22.7 Å². The summed E-state index contributed by atoms with van der Waals surface area (Å²) in [6.45, 7) is 5.30. The second kappa shape index (κ2) is 3.51. The van der Waals surface area contributed by atoms with Crippen molar-refractivity contribution in [2.75, 3.05) is 0 Å². The zero-order chi connectivity index (χ0) is 11.1. The van der Waals surface area contributed by atoms with Crippen LogP contribution in [0.3, 0.4) is 0 Å². The van der Waals surface area contributed by atoms with Gasteiger partial charge in [0.05, 0.1) is 0 Å². The minimum absolute atomic E-state index is 0.568. The predicted octanol–water partition coefficient (Wildman–Crippen LogP) is 3.35. The average molecular weight is 216 g/mol. The van der Waals surface area contributed by atoms with Gasteiger partial charge in [-0.2, -0.15) is 0 Å². The first-order valence-corrected chi connectivity index (χ1v) is 5.88.